The molecule has 0 aliphatic rings. The van der Waals surface area contributed by atoms with Gasteiger partial charge in [-0.3, -0.25) is 4.79 Å². The zero-order chi connectivity index (χ0) is 15.4. The number of carbonyl (C=O) groups is 1. The number of thioether (sulfide) groups is 1. The lowest BCUT2D eigenvalue weighted by Gasteiger charge is -2.20. The Morgan fingerprint density at radius 3 is 2.15 bits per heavy atom. The predicted octanol–water partition coefficient (Wildman–Crippen LogP) is 3.96. The molecule has 1 aromatic rings. The third kappa shape index (κ3) is 5.08. The van der Waals surface area contributed by atoms with E-state index in [1.165, 1.54) is 17.3 Å². The molecule has 0 aliphatic carbocycles. The Balaban J connectivity index is 2.42. The zero-order valence-electron chi connectivity index (χ0n) is 12.9. The number of aliphatic carboxylic acids is 1. The Kier molecular flexibility index (Phi) is 5.51. The second kappa shape index (κ2) is 6.53. The molecule has 0 spiro atoms. The average Bonchev–Trinajstić information content (AvgIpc) is 2.34. The fraction of sp³-hybridized carbons (Fsp3) is 0.562. The maximum Gasteiger partial charge on any atom is 0.319 e. The monoisotopic (exact) mass is 296 g/mol. The third-order valence-corrected chi connectivity index (χ3v) is 4.32. The summed E-state index contributed by atoms with van der Waals surface area (Å²) in [5, 5.41) is 9.00. The van der Waals surface area contributed by atoms with Crippen molar-refractivity contribution < 1.29 is 14.6 Å². The molecule has 0 fully saturated rings. The van der Waals surface area contributed by atoms with Gasteiger partial charge in [0.05, 0.1) is 6.61 Å². The number of ether oxygens (including phenoxy) is 1. The molecule has 0 aromatic heterocycles. The van der Waals surface area contributed by atoms with E-state index in [9.17, 15) is 4.79 Å². The van der Waals surface area contributed by atoms with Gasteiger partial charge in [0, 0.05) is 5.75 Å². The number of rotatable bonds is 6. The highest BCUT2D eigenvalue weighted by Gasteiger charge is 2.27. The highest BCUT2D eigenvalue weighted by molar-refractivity contribution is 8.01. The van der Waals surface area contributed by atoms with Crippen molar-refractivity contribution in [2.24, 2.45) is 0 Å². The summed E-state index contributed by atoms with van der Waals surface area (Å²) in [6.45, 7) is 10.4. The number of hydrogen-bond acceptors (Lipinski definition) is 3. The molecule has 1 rings (SSSR count). The van der Waals surface area contributed by atoms with Crippen molar-refractivity contribution in [2.75, 3.05) is 12.4 Å². The number of hydrogen-bond donors (Lipinski definition) is 1. The largest absolute Gasteiger partial charge is 0.493 e. The van der Waals surface area contributed by atoms with Crippen LogP contribution in [0, 0.1) is 0 Å². The molecule has 1 aromatic carbocycles. The molecular formula is C16H24O3S. The first kappa shape index (κ1) is 16.9. The predicted molar refractivity (Wildman–Crippen MR) is 84.8 cm³/mol. The minimum atomic E-state index is -0.794. The molecular weight excluding hydrogens is 272 g/mol. The van der Waals surface area contributed by atoms with Gasteiger partial charge < -0.3 is 9.84 Å². The van der Waals surface area contributed by atoms with Crippen molar-refractivity contribution in [1.29, 1.82) is 0 Å². The molecule has 3 nitrogen and oxygen atoms in total. The van der Waals surface area contributed by atoms with E-state index in [0.717, 1.165) is 5.75 Å². The lowest BCUT2D eigenvalue weighted by molar-refractivity contribution is -0.138. The van der Waals surface area contributed by atoms with Crippen LogP contribution in [0.15, 0.2) is 24.3 Å². The van der Waals surface area contributed by atoms with Crippen LogP contribution in [0.25, 0.3) is 0 Å². The summed E-state index contributed by atoms with van der Waals surface area (Å²) >= 11 is 1.39. The zero-order valence-corrected chi connectivity index (χ0v) is 13.7. The quantitative estimate of drug-likeness (QED) is 0.807. The standard InChI is InChI=1S/C16H24O3S/c1-15(2,3)12-6-8-13(9-7-12)19-10-11-20-16(4,5)14(17)18/h6-9H,10-11H2,1-5H3,(H,17,18). The second-order valence-corrected chi connectivity index (χ2v) is 8.00. The Hall–Kier alpha value is -1.16. The number of carboxylic acids is 1. The van der Waals surface area contributed by atoms with Gasteiger partial charge in [-0.2, -0.15) is 0 Å². The normalized spacial score (nSPS) is 12.2. The van der Waals surface area contributed by atoms with Crippen LogP contribution in [-0.4, -0.2) is 28.2 Å². The molecule has 0 heterocycles. The van der Waals surface area contributed by atoms with E-state index < -0.39 is 10.7 Å². The summed E-state index contributed by atoms with van der Waals surface area (Å²) in [4.78, 5) is 11.0. The molecule has 0 saturated heterocycles. The van der Waals surface area contributed by atoms with Gasteiger partial charge in [0.2, 0.25) is 0 Å². The van der Waals surface area contributed by atoms with Crippen LogP contribution < -0.4 is 4.74 Å². The number of benzene rings is 1. The molecule has 0 aliphatic heterocycles. The van der Waals surface area contributed by atoms with Crippen LogP contribution >= 0.6 is 11.8 Å². The van der Waals surface area contributed by atoms with Gasteiger partial charge >= 0.3 is 5.97 Å². The third-order valence-electron chi connectivity index (χ3n) is 3.05. The van der Waals surface area contributed by atoms with Gasteiger partial charge in [0.1, 0.15) is 10.5 Å². The Bertz CT molecular complexity index is 444. The fourth-order valence-electron chi connectivity index (χ4n) is 1.57. The first-order valence-corrected chi connectivity index (χ1v) is 7.72. The SMILES string of the molecule is CC(C)(SCCOc1ccc(C(C)(C)C)cc1)C(=O)O. The Labute approximate surface area is 125 Å². The van der Waals surface area contributed by atoms with Crippen molar-refractivity contribution in [1.82, 2.24) is 0 Å². The molecule has 20 heavy (non-hydrogen) atoms. The van der Waals surface area contributed by atoms with Crippen molar-refractivity contribution >= 4 is 17.7 Å². The highest BCUT2D eigenvalue weighted by Crippen LogP contribution is 2.26. The van der Waals surface area contributed by atoms with E-state index in [1.54, 1.807) is 13.8 Å². The lowest BCUT2D eigenvalue weighted by Crippen LogP contribution is -2.28. The average molecular weight is 296 g/mol. The van der Waals surface area contributed by atoms with Gasteiger partial charge in [-0.05, 0) is 37.0 Å². The smallest absolute Gasteiger partial charge is 0.319 e. The molecule has 0 bridgehead atoms. The van der Waals surface area contributed by atoms with E-state index in [4.69, 9.17) is 9.84 Å². The van der Waals surface area contributed by atoms with Gasteiger partial charge in [-0.25, -0.2) is 0 Å². The molecule has 4 heteroatoms. The van der Waals surface area contributed by atoms with Gasteiger partial charge in [-0.1, -0.05) is 32.9 Å². The Morgan fingerprint density at radius 1 is 1.15 bits per heavy atom. The lowest BCUT2D eigenvalue weighted by atomic mass is 9.87. The molecule has 0 unspecified atom stereocenters. The van der Waals surface area contributed by atoms with E-state index >= 15 is 0 Å². The number of carboxylic acid groups (broad SMARTS) is 1. The van der Waals surface area contributed by atoms with Gasteiger partial charge in [0.25, 0.3) is 0 Å². The first-order valence-electron chi connectivity index (χ1n) is 6.73. The summed E-state index contributed by atoms with van der Waals surface area (Å²) in [6, 6.07) is 8.08. The van der Waals surface area contributed by atoms with Crippen molar-refractivity contribution in [2.45, 2.75) is 44.8 Å². The second-order valence-electron chi connectivity index (χ2n) is 6.29. The van der Waals surface area contributed by atoms with Crippen LogP contribution in [-0.2, 0) is 10.2 Å². The molecule has 0 saturated carbocycles. The maximum atomic E-state index is 11.0. The summed E-state index contributed by atoms with van der Waals surface area (Å²) < 4.78 is 4.87. The molecule has 112 valence electrons. The molecule has 0 radical (unpaired) electrons. The van der Waals surface area contributed by atoms with Crippen LogP contribution in [0.2, 0.25) is 0 Å². The summed E-state index contributed by atoms with van der Waals surface area (Å²) in [5.41, 5.74) is 1.41. The maximum absolute atomic E-state index is 11.0. The van der Waals surface area contributed by atoms with Crippen LogP contribution in [0.3, 0.4) is 0 Å². The Morgan fingerprint density at radius 2 is 1.70 bits per heavy atom. The van der Waals surface area contributed by atoms with Crippen molar-refractivity contribution in [3.63, 3.8) is 0 Å². The van der Waals surface area contributed by atoms with Crippen LogP contribution in [0.1, 0.15) is 40.2 Å². The van der Waals surface area contributed by atoms with Crippen LogP contribution in [0.4, 0.5) is 0 Å². The topological polar surface area (TPSA) is 46.5 Å². The first-order chi connectivity index (χ1) is 9.13. The van der Waals surface area contributed by atoms with Gasteiger partial charge in [0.15, 0.2) is 0 Å². The molecule has 1 N–H and O–H groups in total. The van der Waals surface area contributed by atoms with Crippen molar-refractivity contribution in [3.05, 3.63) is 29.8 Å². The summed E-state index contributed by atoms with van der Waals surface area (Å²) in [6.07, 6.45) is 0. The van der Waals surface area contributed by atoms with E-state index in [1.807, 2.05) is 12.1 Å². The summed E-state index contributed by atoms with van der Waals surface area (Å²) in [7, 11) is 0. The minimum Gasteiger partial charge on any atom is -0.493 e. The van der Waals surface area contributed by atoms with Crippen LogP contribution in [0.5, 0.6) is 5.75 Å². The summed E-state index contributed by atoms with van der Waals surface area (Å²) in [5.74, 6) is 0.684. The van der Waals surface area contributed by atoms with Gasteiger partial charge in [-0.15, -0.1) is 11.8 Å². The molecule has 0 atom stereocenters. The van der Waals surface area contributed by atoms with E-state index in [-0.39, 0.29) is 5.41 Å². The van der Waals surface area contributed by atoms with E-state index in [2.05, 4.69) is 32.9 Å². The van der Waals surface area contributed by atoms with Crippen molar-refractivity contribution in [3.8, 4) is 5.75 Å². The molecule has 0 amide bonds. The fourth-order valence-corrected chi connectivity index (χ4v) is 2.37. The highest BCUT2D eigenvalue weighted by atomic mass is 32.2. The minimum absolute atomic E-state index is 0.139. The van der Waals surface area contributed by atoms with E-state index in [0.29, 0.717) is 12.4 Å².